The number of terminal acetylenes is 2. The van der Waals surface area contributed by atoms with E-state index in [1.54, 1.807) is 0 Å². The molecule has 0 bridgehead atoms. The lowest BCUT2D eigenvalue weighted by Gasteiger charge is -2.33. The molecule has 222 valence electrons. The van der Waals surface area contributed by atoms with Crippen molar-refractivity contribution < 1.29 is 0 Å². The van der Waals surface area contributed by atoms with Gasteiger partial charge in [-0.25, -0.2) is 0 Å². The second-order valence-electron chi connectivity index (χ2n) is 12.8. The highest BCUT2D eigenvalue weighted by atomic mass is 14.4. The van der Waals surface area contributed by atoms with E-state index in [-0.39, 0.29) is 5.41 Å². The molecule has 0 unspecified atom stereocenters. The summed E-state index contributed by atoms with van der Waals surface area (Å²) in [6.07, 6.45) is 41.6. The van der Waals surface area contributed by atoms with E-state index in [2.05, 4.69) is 62.1 Å². The molecule has 0 heterocycles. The van der Waals surface area contributed by atoms with E-state index in [0.717, 1.165) is 11.1 Å². The fourth-order valence-electron chi connectivity index (χ4n) is 7.17. The van der Waals surface area contributed by atoms with Crippen LogP contribution in [-0.2, 0) is 5.41 Å². The van der Waals surface area contributed by atoms with Gasteiger partial charge in [0, 0.05) is 16.5 Å². The standard InChI is InChI=1S/C41H58/c1-5-9-11-13-15-17-19-21-23-25-31-41(32-26-24-22-20-18-16-14-12-10-6-2)39-33-35(7-3)27-29-37(39)38-30-28-36(8-4)34-40(38)41/h3-4,27-30,33-34H,5-6,9-26,31-32H2,1-2H3. The Hall–Kier alpha value is -2.44. The van der Waals surface area contributed by atoms with E-state index < -0.39 is 0 Å². The highest BCUT2D eigenvalue weighted by molar-refractivity contribution is 5.82. The van der Waals surface area contributed by atoms with Gasteiger partial charge in [0.2, 0.25) is 0 Å². The third-order valence-electron chi connectivity index (χ3n) is 9.61. The molecule has 0 nitrogen and oxygen atoms in total. The van der Waals surface area contributed by atoms with Gasteiger partial charge in [-0.15, -0.1) is 12.8 Å². The predicted molar refractivity (Wildman–Crippen MR) is 181 cm³/mol. The predicted octanol–water partition coefficient (Wildman–Crippen LogP) is 12.5. The van der Waals surface area contributed by atoms with Gasteiger partial charge in [-0.2, -0.15) is 0 Å². The van der Waals surface area contributed by atoms with Crippen LogP contribution in [0.1, 0.15) is 177 Å². The fraction of sp³-hybridized carbons (Fsp3) is 0.610. The minimum Gasteiger partial charge on any atom is -0.115 e. The van der Waals surface area contributed by atoms with Gasteiger partial charge >= 0.3 is 0 Å². The van der Waals surface area contributed by atoms with Crippen LogP contribution in [-0.4, -0.2) is 0 Å². The lowest BCUT2D eigenvalue weighted by Crippen LogP contribution is -2.26. The number of hydrogen-bond donors (Lipinski definition) is 0. The van der Waals surface area contributed by atoms with Crippen LogP contribution in [0, 0.1) is 24.7 Å². The zero-order valence-electron chi connectivity index (χ0n) is 26.7. The van der Waals surface area contributed by atoms with Gasteiger partial charge in [0.1, 0.15) is 0 Å². The topological polar surface area (TPSA) is 0 Å². The first kappa shape index (κ1) is 33.1. The van der Waals surface area contributed by atoms with Gasteiger partial charge in [-0.05, 0) is 59.4 Å². The molecule has 0 saturated carbocycles. The van der Waals surface area contributed by atoms with Crippen LogP contribution < -0.4 is 0 Å². The summed E-state index contributed by atoms with van der Waals surface area (Å²) >= 11 is 0. The molecule has 3 rings (SSSR count). The summed E-state index contributed by atoms with van der Waals surface area (Å²) < 4.78 is 0. The maximum atomic E-state index is 5.92. The van der Waals surface area contributed by atoms with Crippen molar-refractivity contribution in [1.29, 1.82) is 0 Å². The lowest BCUT2D eigenvalue weighted by atomic mass is 9.70. The fourth-order valence-corrected chi connectivity index (χ4v) is 7.17. The Morgan fingerprint density at radius 2 is 0.780 bits per heavy atom. The SMILES string of the molecule is C#Cc1ccc2c(c1)C(CCCCCCCCCCCC)(CCCCCCCCCCCC)c1cc(C#C)ccc1-2. The van der Waals surface area contributed by atoms with Crippen molar-refractivity contribution in [3.63, 3.8) is 0 Å². The van der Waals surface area contributed by atoms with E-state index in [4.69, 9.17) is 12.8 Å². The van der Waals surface area contributed by atoms with Gasteiger partial charge in [0.15, 0.2) is 0 Å². The summed E-state index contributed by atoms with van der Waals surface area (Å²) in [6, 6.07) is 13.5. The molecule has 1 aliphatic rings. The van der Waals surface area contributed by atoms with Gasteiger partial charge in [0.05, 0.1) is 0 Å². The first-order valence-electron chi connectivity index (χ1n) is 17.4. The number of benzene rings is 2. The van der Waals surface area contributed by atoms with Crippen molar-refractivity contribution in [2.75, 3.05) is 0 Å². The van der Waals surface area contributed by atoms with Gasteiger partial charge in [0.25, 0.3) is 0 Å². The average molecular weight is 551 g/mol. The second-order valence-corrected chi connectivity index (χ2v) is 12.8. The van der Waals surface area contributed by atoms with Crippen LogP contribution in [0.25, 0.3) is 11.1 Å². The first-order valence-corrected chi connectivity index (χ1v) is 17.4. The van der Waals surface area contributed by atoms with Crippen molar-refractivity contribution >= 4 is 0 Å². The molecule has 0 aromatic heterocycles. The van der Waals surface area contributed by atoms with Crippen LogP contribution >= 0.6 is 0 Å². The minimum absolute atomic E-state index is 0.0324. The van der Waals surface area contributed by atoms with Gasteiger partial charge < -0.3 is 0 Å². The zero-order valence-corrected chi connectivity index (χ0v) is 26.7. The molecule has 2 aromatic carbocycles. The van der Waals surface area contributed by atoms with Crippen molar-refractivity contribution in [2.24, 2.45) is 0 Å². The molecule has 0 radical (unpaired) electrons. The summed E-state index contributed by atoms with van der Waals surface area (Å²) in [7, 11) is 0. The smallest absolute Gasteiger partial charge is 0.0246 e. The second kappa shape index (κ2) is 18.9. The lowest BCUT2D eigenvalue weighted by molar-refractivity contribution is 0.396. The molecule has 41 heavy (non-hydrogen) atoms. The molecular formula is C41H58. The first-order chi connectivity index (χ1) is 20.2. The van der Waals surface area contributed by atoms with Crippen molar-refractivity contribution in [3.8, 4) is 35.8 Å². The summed E-state index contributed by atoms with van der Waals surface area (Å²) in [5, 5.41) is 0. The molecule has 0 aliphatic heterocycles. The molecule has 0 fully saturated rings. The third kappa shape index (κ3) is 9.82. The summed E-state index contributed by atoms with van der Waals surface area (Å²) in [4.78, 5) is 0. The molecule has 0 atom stereocenters. The quantitative estimate of drug-likeness (QED) is 0.101. The zero-order chi connectivity index (χ0) is 29.2. The molecule has 2 aromatic rings. The highest BCUT2D eigenvalue weighted by Gasteiger charge is 2.42. The third-order valence-corrected chi connectivity index (χ3v) is 9.61. The van der Waals surface area contributed by atoms with Crippen molar-refractivity contribution in [2.45, 2.75) is 161 Å². The van der Waals surface area contributed by atoms with Crippen LogP contribution in [0.4, 0.5) is 0 Å². The van der Waals surface area contributed by atoms with E-state index >= 15 is 0 Å². The van der Waals surface area contributed by atoms with Crippen molar-refractivity contribution in [1.82, 2.24) is 0 Å². The van der Waals surface area contributed by atoms with Crippen LogP contribution in [0.3, 0.4) is 0 Å². The molecule has 0 amide bonds. The normalized spacial score (nSPS) is 13.0. The molecule has 1 aliphatic carbocycles. The number of hydrogen-bond acceptors (Lipinski definition) is 0. The van der Waals surface area contributed by atoms with E-state index in [0.29, 0.717) is 0 Å². The summed E-state index contributed by atoms with van der Waals surface area (Å²) in [5.41, 5.74) is 7.72. The van der Waals surface area contributed by atoms with E-state index in [1.807, 2.05) is 0 Å². The highest BCUT2D eigenvalue weighted by Crippen LogP contribution is 2.54. The summed E-state index contributed by atoms with van der Waals surface area (Å²) in [6.45, 7) is 4.59. The van der Waals surface area contributed by atoms with Crippen molar-refractivity contribution in [3.05, 3.63) is 58.7 Å². The van der Waals surface area contributed by atoms with Gasteiger partial charge in [-0.3, -0.25) is 0 Å². The maximum absolute atomic E-state index is 5.92. The molecule has 0 saturated heterocycles. The van der Waals surface area contributed by atoms with Crippen LogP contribution in [0.5, 0.6) is 0 Å². The number of fused-ring (bicyclic) bond motifs is 3. The molecule has 0 N–H and O–H groups in total. The monoisotopic (exact) mass is 550 g/mol. The van der Waals surface area contributed by atoms with E-state index in [1.165, 1.54) is 164 Å². The Morgan fingerprint density at radius 3 is 1.10 bits per heavy atom. The Morgan fingerprint density at radius 1 is 0.463 bits per heavy atom. The molecule has 0 spiro atoms. The largest absolute Gasteiger partial charge is 0.115 e. The number of unbranched alkanes of at least 4 members (excludes halogenated alkanes) is 18. The molecular weight excluding hydrogens is 492 g/mol. The maximum Gasteiger partial charge on any atom is 0.0246 e. The Balaban J connectivity index is 1.66. The molecule has 0 heteroatoms. The summed E-state index contributed by atoms with van der Waals surface area (Å²) in [5.74, 6) is 5.86. The van der Waals surface area contributed by atoms with E-state index in [9.17, 15) is 0 Å². The number of rotatable bonds is 22. The Bertz CT molecular complexity index is 1010. The van der Waals surface area contributed by atoms with Crippen LogP contribution in [0.2, 0.25) is 0 Å². The Labute approximate surface area is 254 Å². The Kier molecular flexibility index (Phi) is 15.2. The van der Waals surface area contributed by atoms with Gasteiger partial charge in [-0.1, -0.05) is 166 Å². The average Bonchev–Trinajstić information content (AvgIpc) is 3.27. The minimum atomic E-state index is 0.0324. The van der Waals surface area contributed by atoms with Crippen LogP contribution in [0.15, 0.2) is 36.4 Å².